The number of hydrogen-bond acceptors (Lipinski definition) is 4. The average Bonchev–Trinajstić information content (AvgIpc) is 2.66. The smallest absolute Gasteiger partial charge is 0.220 e. The quantitative estimate of drug-likeness (QED) is 0.650. The summed E-state index contributed by atoms with van der Waals surface area (Å²) >= 11 is 0. The Labute approximate surface area is 155 Å². The number of methoxy groups -OCH3 is 1. The van der Waals surface area contributed by atoms with Crippen molar-refractivity contribution in [3.63, 3.8) is 0 Å². The summed E-state index contributed by atoms with van der Waals surface area (Å²) in [6, 6.07) is 15.2. The third-order valence-corrected chi connectivity index (χ3v) is 3.94. The fourth-order valence-corrected chi connectivity index (χ4v) is 2.51. The van der Waals surface area contributed by atoms with Crippen LogP contribution < -0.4 is 19.5 Å². The molecule has 0 bridgehead atoms. The number of carbonyl (C=O) groups excluding carboxylic acids is 1. The molecule has 2 aromatic carbocycles. The maximum atomic E-state index is 12.1. The second-order valence-electron chi connectivity index (χ2n) is 5.92. The number of benzene rings is 2. The van der Waals surface area contributed by atoms with E-state index >= 15 is 0 Å². The molecular formula is C21H27NO4. The van der Waals surface area contributed by atoms with E-state index in [9.17, 15) is 4.79 Å². The Hall–Kier alpha value is -2.69. The van der Waals surface area contributed by atoms with Gasteiger partial charge in [0.05, 0.1) is 26.4 Å². The second kappa shape index (κ2) is 10.3. The minimum atomic E-state index is -0.0410. The van der Waals surface area contributed by atoms with Crippen LogP contribution in [0.3, 0.4) is 0 Å². The third-order valence-electron chi connectivity index (χ3n) is 3.94. The fraction of sp³-hybridized carbons (Fsp3) is 0.381. The van der Waals surface area contributed by atoms with Crippen molar-refractivity contribution < 1.29 is 19.0 Å². The highest BCUT2D eigenvalue weighted by atomic mass is 16.5. The lowest BCUT2D eigenvalue weighted by molar-refractivity contribution is -0.121. The minimum Gasteiger partial charge on any atom is -0.497 e. The Balaban J connectivity index is 1.68. The van der Waals surface area contributed by atoms with Crippen LogP contribution in [-0.4, -0.2) is 26.2 Å². The molecule has 1 amide bonds. The van der Waals surface area contributed by atoms with Gasteiger partial charge in [-0.25, -0.2) is 0 Å². The Morgan fingerprint density at radius 1 is 0.962 bits per heavy atom. The number of amides is 1. The van der Waals surface area contributed by atoms with Gasteiger partial charge in [0.25, 0.3) is 0 Å². The van der Waals surface area contributed by atoms with Gasteiger partial charge < -0.3 is 19.5 Å². The SMILES string of the molecule is CCOc1ccc([C@H](C)NC(=O)CCCOc2ccc(OC)cc2)cc1. The highest BCUT2D eigenvalue weighted by Gasteiger charge is 2.09. The van der Waals surface area contributed by atoms with Crippen LogP contribution in [0.15, 0.2) is 48.5 Å². The van der Waals surface area contributed by atoms with Crippen molar-refractivity contribution in [2.45, 2.75) is 32.7 Å². The Bertz CT molecular complexity index is 667. The van der Waals surface area contributed by atoms with Crippen LogP contribution in [0, 0.1) is 0 Å². The molecule has 140 valence electrons. The summed E-state index contributed by atoms with van der Waals surface area (Å²) in [5.74, 6) is 2.42. The lowest BCUT2D eigenvalue weighted by atomic mass is 10.1. The molecule has 0 saturated heterocycles. The molecule has 2 aromatic rings. The van der Waals surface area contributed by atoms with Crippen LogP contribution in [0.5, 0.6) is 17.2 Å². The van der Waals surface area contributed by atoms with Crippen molar-refractivity contribution >= 4 is 5.91 Å². The zero-order chi connectivity index (χ0) is 18.8. The van der Waals surface area contributed by atoms with Gasteiger partial charge in [0.1, 0.15) is 17.2 Å². The molecule has 5 nitrogen and oxygen atoms in total. The molecule has 0 heterocycles. The molecule has 1 N–H and O–H groups in total. The minimum absolute atomic E-state index is 0.0183. The van der Waals surface area contributed by atoms with Crippen LogP contribution in [0.2, 0.25) is 0 Å². The van der Waals surface area contributed by atoms with Crippen molar-refractivity contribution in [2.24, 2.45) is 0 Å². The summed E-state index contributed by atoms with van der Waals surface area (Å²) in [6.45, 7) is 5.07. The molecule has 1 atom stereocenters. The van der Waals surface area contributed by atoms with Gasteiger partial charge in [-0.1, -0.05) is 12.1 Å². The molecule has 0 fully saturated rings. The van der Waals surface area contributed by atoms with Crippen LogP contribution >= 0.6 is 0 Å². The topological polar surface area (TPSA) is 56.8 Å². The molecule has 0 aromatic heterocycles. The predicted molar refractivity (Wildman–Crippen MR) is 102 cm³/mol. The highest BCUT2D eigenvalue weighted by Crippen LogP contribution is 2.18. The lowest BCUT2D eigenvalue weighted by Crippen LogP contribution is -2.26. The van der Waals surface area contributed by atoms with E-state index in [0.29, 0.717) is 26.1 Å². The van der Waals surface area contributed by atoms with Crippen LogP contribution in [0.4, 0.5) is 0 Å². The van der Waals surface area contributed by atoms with Crippen LogP contribution in [0.1, 0.15) is 38.3 Å². The monoisotopic (exact) mass is 357 g/mol. The zero-order valence-electron chi connectivity index (χ0n) is 15.7. The van der Waals surface area contributed by atoms with E-state index in [2.05, 4.69) is 5.32 Å². The second-order valence-corrected chi connectivity index (χ2v) is 5.92. The number of nitrogens with one attached hydrogen (secondary N) is 1. The van der Waals surface area contributed by atoms with E-state index < -0.39 is 0 Å². The molecule has 2 rings (SSSR count). The van der Waals surface area contributed by atoms with Gasteiger partial charge >= 0.3 is 0 Å². The summed E-state index contributed by atoms with van der Waals surface area (Å²) in [6.07, 6.45) is 1.09. The van der Waals surface area contributed by atoms with Gasteiger partial charge in [-0.15, -0.1) is 0 Å². The number of rotatable bonds is 10. The first-order valence-corrected chi connectivity index (χ1v) is 8.91. The van der Waals surface area contributed by atoms with Crippen molar-refractivity contribution in [3.05, 3.63) is 54.1 Å². The predicted octanol–water partition coefficient (Wildman–Crippen LogP) is 4.13. The number of carbonyl (C=O) groups is 1. The van der Waals surface area contributed by atoms with Gasteiger partial charge in [-0.05, 0) is 62.2 Å². The summed E-state index contributed by atoms with van der Waals surface area (Å²) in [5, 5.41) is 3.01. The summed E-state index contributed by atoms with van der Waals surface area (Å²) in [7, 11) is 1.63. The lowest BCUT2D eigenvalue weighted by Gasteiger charge is -2.15. The summed E-state index contributed by atoms with van der Waals surface area (Å²) in [4.78, 5) is 12.1. The molecule has 0 unspecified atom stereocenters. The first-order chi connectivity index (χ1) is 12.6. The van der Waals surface area contributed by atoms with Gasteiger partial charge in [0.2, 0.25) is 5.91 Å². The van der Waals surface area contributed by atoms with Crippen molar-refractivity contribution in [3.8, 4) is 17.2 Å². The largest absolute Gasteiger partial charge is 0.497 e. The Kier molecular flexibility index (Phi) is 7.80. The standard InChI is InChI=1S/C21H27NO4/c1-4-25-19-9-7-17(8-10-19)16(2)22-21(23)6-5-15-26-20-13-11-18(24-3)12-14-20/h7-14,16H,4-6,15H2,1-3H3,(H,22,23)/t16-/m0/s1. The summed E-state index contributed by atoms with van der Waals surface area (Å²) in [5.41, 5.74) is 1.05. The van der Waals surface area contributed by atoms with Gasteiger partial charge in [-0.2, -0.15) is 0 Å². The highest BCUT2D eigenvalue weighted by molar-refractivity contribution is 5.76. The van der Waals surface area contributed by atoms with E-state index in [0.717, 1.165) is 22.8 Å². The fourth-order valence-electron chi connectivity index (χ4n) is 2.51. The number of ether oxygens (including phenoxy) is 3. The van der Waals surface area contributed by atoms with Gasteiger partial charge in [0, 0.05) is 6.42 Å². The normalized spacial score (nSPS) is 11.5. The molecule has 0 radical (unpaired) electrons. The van der Waals surface area contributed by atoms with E-state index in [1.165, 1.54) is 0 Å². The number of hydrogen-bond donors (Lipinski definition) is 1. The van der Waals surface area contributed by atoms with E-state index in [-0.39, 0.29) is 11.9 Å². The zero-order valence-corrected chi connectivity index (χ0v) is 15.7. The molecule has 0 saturated carbocycles. The van der Waals surface area contributed by atoms with Gasteiger partial charge in [-0.3, -0.25) is 4.79 Å². The van der Waals surface area contributed by atoms with Gasteiger partial charge in [0.15, 0.2) is 0 Å². The first-order valence-electron chi connectivity index (χ1n) is 8.91. The third kappa shape index (κ3) is 6.31. The first kappa shape index (κ1) is 19.6. The van der Waals surface area contributed by atoms with Crippen molar-refractivity contribution in [1.82, 2.24) is 5.32 Å². The van der Waals surface area contributed by atoms with E-state index in [1.807, 2.05) is 62.4 Å². The van der Waals surface area contributed by atoms with Crippen molar-refractivity contribution in [2.75, 3.05) is 20.3 Å². The van der Waals surface area contributed by atoms with E-state index in [1.54, 1.807) is 7.11 Å². The van der Waals surface area contributed by atoms with E-state index in [4.69, 9.17) is 14.2 Å². The maximum absolute atomic E-state index is 12.1. The van der Waals surface area contributed by atoms with Crippen molar-refractivity contribution in [1.29, 1.82) is 0 Å². The molecule has 0 aliphatic carbocycles. The Morgan fingerprint density at radius 3 is 2.15 bits per heavy atom. The molecule has 0 aliphatic heterocycles. The Morgan fingerprint density at radius 2 is 1.54 bits per heavy atom. The maximum Gasteiger partial charge on any atom is 0.220 e. The summed E-state index contributed by atoms with van der Waals surface area (Å²) < 4.78 is 16.2. The molecular weight excluding hydrogens is 330 g/mol. The van der Waals surface area contributed by atoms with Crippen LogP contribution in [0.25, 0.3) is 0 Å². The molecule has 0 aliphatic rings. The molecule has 0 spiro atoms. The average molecular weight is 357 g/mol. The molecule has 5 heteroatoms. The molecule has 26 heavy (non-hydrogen) atoms. The van der Waals surface area contributed by atoms with Crippen LogP contribution in [-0.2, 0) is 4.79 Å².